The molecular weight excluding hydrogens is 238 g/mol. The van der Waals surface area contributed by atoms with Crippen LogP contribution in [0.25, 0.3) is 0 Å². The number of carbonyl (C=O) groups excluding carboxylic acids is 1. The van der Waals surface area contributed by atoms with Gasteiger partial charge in [-0.15, -0.1) is 0 Å². The van der Waals surface area contributed by atoms with Crippen LogP contribution < -0.4 is 5.73 Å². The van der Waals surface area contributed by atoms with Gasteiger partial charge < -0.3 is 5.73 Å². The maximum Gasteiger partial charge on any atom is 0.251 e. The summed E-state index contributed by atoms with van der Waals surface area (Å²) in [7, 11) is 0. The molecule has 2 N–H and O–H groups in total. The first kappa shape index (κ1) is 13.7. The number of carbonyl (C=O) groups is 1. The van der Waals surface area contributed by atoms with Crippen molar-refractivity contribution in [2.24, 2.45) is 16.8 Å². The second kappa shape index (κ2) is 6.48. The summed E-state index contributed by atoms with van der Waals surface area (Å²) in [5, 5.41) is 5.96. The molecule has 4 nitrogen and oxygen atoms in total. The molecule has 2 rings (SSSR count). The summed E-state index contributed by atoms with van der Waals surface area (Å²) in [5.41, 5.74) is 7.73. The number of aryl methyl sites for hydroxylation is 1. The van der Waals surface area contributed by atoms with Crippen molar-refractivity contribution in [1.29, 1.82) is 0 Å². The Labute approximate surface area is 114 Å². The number of hydrogen-bond acceptors (Lipinski definition) is 3. The number of hydrogen-bond donors (Lipinski definition) is 1. The van der Waals surface area contributed by atoms with Gasteiger partial charge in [-0.3, -0.25) is 4.79 Å². The van der Waals surface area contributed by atoms with Crippen LogP contribution >= 0.6 is 0 Å². The topological polar surface area (TPSA) is 58.7 Å². The number of rotatable bonds is 6. The highest BCUT2D eigenvalue weighted by atomic mass is 16.2. The first-order valence-corrected chi connectivity index (χ1v) is 6.83. The predicted octanol–water partition coefficient (Wildman–Crippen LogP) is 1.80. The smallest absolute Gasteiger partial charge is 0.251 e. The molecule has 0 spiro atoms. The van der Waals surface area contributed by atoms with E-state index in [2.05, 4.69) is 17.2 Å². The fraction of sp³-hybridized carbons (Fsp3) is 0.467. The largest absolute Gasteiger partial charge is 0.330 e. The van der Waals surface area contributed by atoms with Crippen LogP contribution in [0.15, 0.2) is 35.4 Å². The molecular formula is C15H21N3O. The number of nitrogens with zero attached hydrogens (tertiary/aromatic N) is 2. The Kier molecular flexibility index (Phi) is 4.68. The van der Waals surface area contributed by atoms with E-state index >= 15 is 0 Å². The van der Waals surface area contributed by atoms with Crippen LogP contribution in [-0.2, 0) is 11.2 Å². The first-order valence-electron chi connectivity index (χ1n) is 6.83. The lowest BCUT2D eigenvalue weighted by Gasteiger charge is -2.13. The fourth-order valence-electron chi connectivity index (χ4n) is 2.40. The van der Waals surface area contributed by atoms with E-state index in [9.17, 15) is 4.79 Å². The third kappa shape index (κ3) is 3.41. The lowest BCUT2D eigenvalue weighted by atomic mass is 10.0. The highest BCUT2D eigenvalue weighted by Crippen LogP contribution is 2.19. The molecule has 0 saturated heterocycles. The van der Waals surface area contributed by atoms with E-state index in [0.717, 1.165) is 18.6 Å². The summed E-state index contributed by atoms with van der Waals surface area (Å²) >= 11 is 0. The molecule has 1 aliphatic rings. The predicted molar refractivity (Wildman–Crippen MR) is 76.7 cm³/mol. The molecule has 1 heterocycles. The minimum absolute atomic E-state index is 0.0956. The highest BCUT2D eigenvalue weighted by Gasteiger charge is 2.31. The summed E-state index contributed by atoms with van der Waals surface area (Å²) < 4.78 is 0. The van der Waals surface area contributed by atoms with Crippen molar-refractivity contribution in [2.75, 3.05) is 13.1 Å². The van der Waals surface area contributed by atoms with Crippen molar-refractivity contribution < 1.29 is 4.79 Å². The highest BCUT2D eigenvalue weighted by molar-refractivity contribution is 6.06. The summed E-state index contributed by atoms with van der Waals surface area (Å²) in [6.45, 7) is 3.13. The van der Waals surface area contributed by atoms with Crippen molar-refractivity contribution in [3.05, 3.63) is 35.9 Å². The lowest BCUT2D eigenvalue weighted by molar-refractivity contribution is -0.131. The van der Waals surface area contributed by atoms with Gasteiger partial charge in [0.15, 0.2) is 0 Å². The van der Waals surface area contributed by atoms with Crippen molar-refractivity contribution >= 4 is 11.6 Å². The number of benzene rings is 1. The van der Waals surface area contributed by atoms with Crippen molar-refractivity contribution in [3.63, 3.8) is 0 Å². The normalized spacial score (nSPS) is 18.8. The van der Waals surface area contributed by atoms with Gasteiger partial charge in [-0.25, -0.2) is 5.01 Å². The van der Waals surface area contributed by atoms with E-state index < -0.39 is 0 Å². The van der Waals surface area contributed by atoms with Crippen molar-refractivity contribution in [2.45, 2.75) is 26.2 Å². The van der Waals surface area contributed by atoms with Gasteiger partial charge in [0.05, 0.1) is 5.92 Å². The van der Waals surface area contributed by atoms with Gasteiger partial charge in [-0.1, -0.05) is 30.3 Å². The Morgan fingerprint density at radius 2 is 2.05 bits per heavy atom. The van der Waals surface area contributed by atoms with Crippen LogP contribution in [0.2, 0.25) is 0 Å². The Morgan fingerprint density at radius 1 is 1.32 bits per heavy atom. The number of nitrogens with two attached hydrogens (primary N) is 1. The van der Waals surface area contributed by atoms with Crippen molar-refractivity contribution in [1.82, 2.24) is 5.01 Å². The van der Waals surface area contributed by atoms with Gasteiger partial charge in [0.25, 0.3) is 5.91 Å². The molecule has 0 saturated carbocycles. The van der Waals surface area contributed by atoms with Gasteiger partial charge in [0.1, 0.15) is 0 Å². The standard InChI is InChI=1S/C15H21N3O/c1-12-14(9-10-16)15(19)18(17-12)11-5-8-13-6-3-2-4-7-13/h2-4,6-7,14H,5,8-11,16H2,1H3. The van der Waals surface area contributed by atoms with Gasteiger partial charge in [-0.2, -0.15) is 5.10 Å². The zero-order valence-electron chi connectivity index (χ0n) is 11.4. The zero-order valence-corrected chi connectivity index (χ0v) is 11.4. The molecule has 1 atom stereocenters. The molecule has 1 aromatic carbocycles. The Balaban J connectivity index is 1.83. The molecule has 4 heteroatoms. The molecule has 1 amide bonds. The van der Waals surface area contributed by atoms with E-state index in [1.165, 1.54) is 5.56 Å². The van der Waals surface area contributed by atoms with E-state index in [1.54, 1.807) is 5.01 Å². The molecule has 0 bridgehead atoms. The fourth-order valence-corrected chi connectivity index (χ4v) is 2.40. The Morgan fingerprint density at radius 3 is 2.74 bits per heavy atom. The van der Waals surface area contributed by atoms with Crippen LogP contribution in [0.4, 0.5) is 0 Å². The number of amides is 1. The van der Waals surface area contributed by atoms with E-state index in [0.29, 0.717) is 19.5 Å². The zero-order chi connectivity index (χ0) is 13.7. The maximum absolute atomic E-state index is 12.1. The first-order chi connectivity index (χ1) is 9.22. The summed E-state index contributed by atoms with van der Waals surface area (Å²) in [4.78, 5) is 12.1. The summed E-state index contributed by atoms with van der Waals surface area (Å²) in [6.07, 6.45) is 2.60. The summed E-state index contributed by atoms with van der Waals surface area (Å²) in [5.74, 6) is 0.0118. The van der Waals surface area contributed by atoms with Crippen LogP contribution in [0, 0.1) is 5.92 Å². The number of hydrazone groups is 1. The van der Waals surface area contributed by atoms with E-state index in [-0.39, 0.29) is 11.8 Å². The van der Waals surface area contributed by atoms with Gasteiger partial charge in [0, 0.05) is 12.3 Å². The monoisotopic (exact) mass is 259 g/mol. The molecule has 102 valence electrons. The SMILES string of the molecule is CC1=NN(CCCc2ccccc2)C(=O)C1CCN. The molecule has 19 heavy (non-hydrogen) atoms. The van der Waals surface area contributed by atoms with E-state index in [1.807, 2.05) is 25.1 Å². The molecule has 0 aliphatic carbocycles. The second-order valence-corrected chi connectivity index (χ2v) is 4.92. The maximum atomic E-state index is 12.1. The quantitative estimate of drug-likeness (QED) is 0.847. The third-order valence-corrected chi connectivity index (χ3v) is 3.47. The average Bonchev–Trinajstić information content (AvgIpc) is 2.68. The van der Waals surface area contributed by atoms with Crippen LogP contribution in [0.3, 0.4) is 0 Å². The summed E-state index contributed by atoms with van der Waals surface area (Å²) in [6, 6.07) is 10.3. The second-order valence-electron chi connectivity index (χ2n) is 4.92. The molecule has 0 aromatic heterocycles. The van der Waals surface area contributed by atoms with Crippen LogP contribution in [0.1, 0.15) is 25.3 Å². The molecule has 0 fully saturated rings. The Hall–Kier alpha value is -1.68. The molecule has 0 radical (unpaired) electrons. The molecule has 1 aromatic rings. The minimum Gasteiger partial charge on any atom is -0.330 e. The van der Waals surface area contributed by atoms with E-state index in [4.69, 9.17) is 5.73 Å². The average molecular weight is 259 g/mol. The minimum atomic E-state index is -0.0956. The van der Waals surface area contributed by atoms with Crippen LogP contribution in [0.5, 0.6) is 0 Å². The molecule has 1 aliphatic heterocycles. The molecule has 1 unspecified atom stereocenters. The Bertz CT molecular complexity index is 456. The van der Waals surface area contributed by atoms with Gasteiger partial charge >= 0.3 is 0 Å². The van der Waals surface area contributed by atoms with Crippen molar-refractivity contribution in [3.8, 4) is 0 Å². The third-order valence-electron chi connectivity index (χ3n) is 3.47. The van der Waals surface area contributed by atoms with Crippen LogP contribution in [-0.4, -0.2) is 29.7 Å². The van der Waals surface area contributed by atoms with Gasteiger partial charge in [0.2, 0.25) is 0 Å². The lowest BCUT2D eigenvalue weighted by Crippen LogP contribution is -2.29. The van der Waals surface area contributed by atoms with Gasteiger partial charge in [-0.05, 0) is 38.3 Å².